The first-order valence-electron chi connectivity index (χ1n) is 7.71. The number of amides is 1. The zero-order chi connectivity index (χ0) is 16.2. The fourth-order valence-corrected chi connectivity index (χ4v) is 2.67. The predicted molar refractivity (Wildman–Crippen MR) is 93.3 cm³/mol. The van der Waals surface area contributed by atoms with Gasteiger partial charge in [-0.25, -0.2) is 0 Å². The lowest BCUT2D eigenvalue weighted by Gasteiger charge is -2.42. The van der Waals surface area contributed by atoms with Crippen LogP contribution in [-0.2, 0) is 4.74 Å². The van der Waals surface area contributed by atoms with Crippen molar-refractivity contribution in [3.05, 3.63) is 29.8 Å². The molecule has 1 aliphatic heterocycles. The van der Waals surface area contributed by atoms with Gasteiger partial charge in [0.1, 0.15) is 12.4 Å². The minimum Gasteiger partial charge on any atom is -0.491 e. The standard InChI is InChI=1S/C17H26N2O3.ClH/c1-17(2)12-19(9-8-15(17)18)16(20)13-4-6-14(7-5-13)22-11-10-21-3;/h4-7,15H,8-12,18H2,1-3H3;1H. The molecule has 1 atom stereocenters. The van der Waals surface area contributed by atoms with Crippen LogP contribution in [0.1, 0.15) is 30.6 Å². The summed E-state index contributed by atoms with van der Waals surface area (Å²) in [5.74, 6) is 0.804. The van der Waals surface area contributed by atoms with Crippen molar-refractivity contribution in [2.24, 2.45) is 11.1 Å². The van der Waals surface area contributed by atoms with E-state index in [0.717, 1.165) is 18.7 Å². The van der Waals surface area contributed by atoms with E-state index < -0.39 is 0 Å². The molecular formula is C17H27ClN2O3. The SMILES string of the molecule is COCCOc1ccc(C(=O)N2CCC(N)C(C)(C)C2)cc1.Cl. The summed E-state index contributed by atoms with van der Waals surface area (Å²) in [4.78, 5) is 14.5. The van der Waals surface area contributed by atoms with E-state index in [9.17, 15) is 4.79 Å². The summed E-state index contributed by atoms with van der Waals surface area (Å²) in [6.07, 6.45) is 0.844. The first-order valence-corrected chi connectivity index (χ1v) is 7.71. The largest absolute Gasteiger partial charge is 0.491 e. The number of carbonyl (C=O) groups excluding carboxylic acids is 1. The lowest BCUT2D eigenvalue weighted by atomic mass is 9.79. The van der Waals surface area contributed by atoms with Gasteiger partial charge in [-0.05, 0) is 36.1 Å². The predicted octanol–water partition coefficient (Wildman–Crippen LogP) is 2.33. The second-order valence-corrected chi connectivity index (χ2v) is 6.48. The molecule has 0 saturated carbocycles. The molecule has 0 bridgehead atoms. The Kier molecular flexibility index (Phi) is 7.32. The van der Waals surface area contributed by atoms with Gasteiger partial charge in [-0.2, -0.15) is 0 Å². The molecule has 0 radical (unpaired) electrons. The van der Waals surface area contributed by atoms with Gasteiger partial charge < -0.3 is 20.1 Å². The minimum absolute atomic E-state index is 0. The molecule has 5 nitrogen and oxygen atoms in total. The summed E-state index contributed by atoms with van der Waals surface area (Å²) in [5.41, 5.74) is 6.77. The Bertz CT molecular complexity index is 505. The van der Waals surface area contributed by atoms with Crippen molar-refractivity contribution in [3.8, 4) is 5.75 Å². The third kappa shape index (κ3) is 5.09. The van der Waals surface area contributed by atoms with Gasteiger partial charge >= 0.3 is 0 Å². The highest BCUT2D eigenvalue weighted by molar-refractivity contribution is 5.94. The molecule has 1 fully saturated rings. The number of ether oxygens (including phenoxy) is 2. The van der Waals surface area contributed by atoms with Crippen LogP contribution in [0.3, 0.4) is 0 Å². The quantitative estimate of drug-likeness (QED) is 0.834. The maximum Gasteiger partial charge on any atom is 0.253 e. The smallest absolute Gasteiger partial charge is 0.253 e. The van der Waals surface area contributed by atoms with E-state index in [1.807, 2.05) is 29.2 Å². The molecule has 2 N–H and O–H groups in total. The summed E-state index contributed by atoms with van der Waals surface area (Å²) >= 11 is 0. The van der Waals surface area contributed by atoms with Crippen molar-refractivity contribution in [3.63, 3.8) is 0 Å². The fraction of sp³-hybridized carbons (Fsp3) is 0.588. The zero-order valence-electron chi connectivity index (χ0n) is 14.1. The molecule has 0 aromatic heterocycles. The van der Waals surface area contributed by atoms with Gasteiger partial charge in [0, 0.05) is 31.8 Å². The van der Waals surface area contributed by atoms with E-state index in [0.29, 0.717) is 25.3 Å². The molecule has 23 heavy (non-hydrogen) atoms. The molecule has 130 valence electrons. The number of rotatable bonds is 5. The minimum atomic E-state index is -0.0445. The van der Waals surface area contributed by atoms with E-state index in [2.05, 4.69) is 13.8 Å². The molecule has 0 aliphatic carbocycles. The third-order valence-corrected chi connectivity index (χ3v) is 4.26. The number of hydrogen-bond acceptors (Lipinski definition) is 4. The highest BCUT2D eigenvalue weighted by Gasteiger charge is 2.35. The number of nitrogens with zero attached hydrogens (tertiary/aromatic N) is 1. The van der Waals surface area contributed by atoms with Crippen LogP contribution in [0.4, 0.5) is 0 Å². The summed E-state index contributed by atoms with van der Waals surface area (Å²) in [6.45, 7) is 6.69. The monoisotopic (exact) mass is 342 g/mol. The molecular weight excluding hydrogens is 316 g/mol. The number of piperidine rings is 1. The van der Waals surface area contributed by atoms with Crippen LogP contribution < -0.4 is 10.5 Å². The summed E-state index contributed by atoms with van der Waals surface area (Å²) in [7, 11) is 1.64. The summed E-state index contributed by atoms with van der Waals surface area (Å²) in [5, 5.41) is 0. The molecule has 6 heteroatoms. The van der Waals surface area contributed by atoms with Crippen LogP contribution in [0.2, 0.25) is 0 Å². The van der Waals surface area contributed by atoms with Crippen molar-refractivity contribution in [1.82, 2.24) is 4.90 Å². The number of hydrogen-bond donors (Lipinski definition) is 1. The van der Waals surface area contributed by atoms with Gasteiger partial charge in [0.2, 0.25) is 0 Å². The lowest BCUT2D eigenvalue weighted by Crippen LogP contribution is -2.53. The molecule has 1 aromatic carbocycles. The highest BCUT2D eigenvalue weighted by atomic mass is 35.5. The van der Waals surface area contributed by atoms with Crippen LogP contribution in [-0.4, -0.2) is 50.3 Å². The van der Waals surface area contributed by atoms with Gasteiger partial charge in [0.25, 0.3) is 5.91 Å². The van der Waals surface area contributed by atoms with Crippen molar-refractivity contribution < 1.29 is 14.3 Å². The van der Waals surface area contributed by atoms with Crippen molar-refractivity contribution in [2.45, 2.75) is 26.3 Å². The number of benzene rings is 1. The van der Waals surface area contributed by atoms with Crippen LogP contribution in [0.5, 0.6) is 5.75 Å². The Morgan fingerprint density at radius 2 is 1.96 bits per heavy atom. The average Bonchev–Trinajstić information content (AvgIpc) is 2.50. The Hall–Kier alpha value is -1.30. The van der Waals surface area contributed by atoms with Gasteiger partial charge in [-0.15, -0.1) is 12.4 Å². The summed E-state index contributed by atoms with van der Waals surface area (Å²) < 4.78 is 10.4. The van der Waals surface area contributed by atoms with Gasteiger partial charge in [-0.3, -0.25) is 4.79 Å². The number of nitrogens with two attached hydrogens (primary N) is 1. The van der Waals surface area contributed by atoms with E-state index >= 15 is 0 Å². The topological polar surface area (TPSA) is 64.8 Å². The van der Waals surface area contributed by atoms with Gasteiger partial charge in [0.05, 0.1) is 6.61 Å². The normalized spacial score (nSPS) is 19.8. The second-order valence-electron chi connectivity index (χ2n) is 6.48. The molecule has 1 heterocycles. The Balaban J connectivity index is 0.00000264. The molecule has 1 amide bonds. The number of halogens is 1. The van der Waals surface area contributed by atoms with Crippen LogP contribution in [0, 0.1) is 5.41 Å². The molecule has 1 aliphatic rings. The second kappa shape index (κ2) is 8.52. The van der Waals surface area contributed by atoms with Crippen molar-refractivity contribution >= 4 is 18.3 Å². The Morgan fingerprint density at radius 1 is 1.30 bits per heavy atom. The first-order chi connectivity index (χ1) is 10.4. The van der Waals surface area contributed by atoms with Gasteiger partial charge in [-0.1, -0.05) is 13.8 Å². The third-order valence-electron chi connectivity index (χ3n) is 4.26. The fourth-order valence-electron chi connectivity index (χ4n) is 2.67. The number of carbonyl (C=O) groups is 1. The number of likely N-dealkylation sites (tertiary alicyclic amines) is 1. The van der Waals surface area contributed by atoms with Gasteiger partial charge in [0.15, 0.2) is 0 Å². The van der Waals surface area contributed by atoms with E-state index in [-0.39, 0.29) is 29.8 Å². The van der Waals surface area contributed by atoms with E-state index in [4.69, 9.17) is 15.2 Å². The van der Waals surface area contributed by atoms with E-state index in [1.165, 1.54) is 0 Å². The van der Waals surface area contributed by atoms with E-state index in [1.54, 1.807) is 7.11 Å². The molecule has 1 aromatic rings. The van der Waals surface area contributed by atoms with Crippen molar-refractivity contribution in [1.29, 1.82) is 0 Å². The maximum atomic E-state index is 12.6. The molecule has 1 unspecified atom stereocenters. The highest BCUT2D eigenvalue weighted by Crippen LogP contribution is 2.28. The lowest BCUT2D eigenvalue weighted by molar-refractivity contribution is 0.0533. The first kappa shape index (κ1) is 19.7. The summed E-state index contributed by atoms with van der Waals surface area (Å²) in [6, 6.07) is 7.42. The van der Waals surface area contributed by atoms with Crippen LogP contribution in [0.15, 0.2) is 24.3 Å². The number of methoxy groups -OCH3 is 1. The van der Waals surface area contributed by atoms with Crippen LogP contribution >= 0.6 is 12.4 Å². The molecule has 2 rings (SSSR count). The van der Waals surface area contributed by atoms with Crippen LogP contribution in [0.25, 0.3) is 0 Å². The maximum absolute atomic E-state index is 12.6. The van der Waals surface area contributed by atoms with Crippen molar-refractivity contribution in [2.75, 3.05) is 33.4 Å². The molecule has 1 saturated heterocycles. The zero-order valence-corrected chi connectivity index (χ0v) is 14.9. The average molecular weight is 343 g/mol. The Labute approximate surface area is 144 Å². The Morgan fingerprint density at radius 3 is 2.52 bits per heavy atom. The molecule has 0 spiro atoms.